The number of alkyl halides is 6. The van der Waals surface area contributed by atoms with Crippen LogP contribution < -0.4 is 15.0 Å². The van der Waals surface area contributed by atoms with Gasteiger partial charge in [-0.1, -0.05) is 25.0 Å². The zero-order valence-corrected chi connectivity index (χ0v) is 21.8. The van der Waals surface area contributed by atoms with E-state index < -0.39 is 18.1 Å². The largest absolute Gasteiger partial charge is 0.573 e. The number of anilines is 2. The van der Waals surface area contributed by atoms with Gasteiger partial charge in [-0.05, 0) is 80.3 Å². The SMILES string of the molecule is FC(F)(F)Oc1ccccc1-c1cnc(N[C@@H]2CCCC[C@H]2C[C@H]2CCCN(c3ccc(C(F)(F)F)cc3)C2)o1. The second-order valence-corrected chi connectivity index (χ2v) is 10.6. The van der Waals surface area contributed by atoms with Gasteiger partial charge in [-0.3, -0.25) is 0 Å². The summed E-state index contributed by atoms with van der Waals surface area (Å²) in [6.07, 6.45) is -0.687. The van der Waals surface area contributed by atoms with Gasteiger partial charge in [0.25, 0.3) is 6.01 Å². The van der Waals surface area contributed by atoms with Crippen molar-refractivity contribution in [2.45, 2.75) is 63.5 Å². The zero-order chi connectivity index (χ0) is 28.3. The molecular weight excluding hydrogens is 536 g/mol. The van der Waals surface area contributed by atoms with Crippen molar-refractivity contribution in [2.24, 2.45) is 11.8 Å². The highest BCUT2D eigenvalue weighted by molar-refractivity contribution is 5.65. The summed E-state index contributed by atoms with van der Waals surface area (Å²) in [6, 6.07) is 11.5. The van der Waals surface area contributed by atoms with E-state index in [1.807, 2.05) is 0 Å². The third-order valence-electron chi connectivity index (χ3n) is 7.82. The highest BCUT2D eigenvalue weighted by Crippen LogP contribution is 2.38. The third-order valence-corrected chi connectivity index (χ3v) is 7.82. The summed E-state index contributed by atoms with van der Waals surface area (Å²) in [5.41, 5.74) is 0.316. The molecule has 1 aliphatic carbocycles. The smallest absolute Gasteiger partial charge is 0.423 e. The van der Waals surface area contributed by atoms with Crippen molar-refractivity contribution in [3.63, 3.8) is 0 Å². The monoisotopic (exact) mass is 567 g/mol. The molecule has 1 saturated carbocycles. The van der Waals surface area contributed by atoms with Crippen molar-refractivity contribution < 1.29 is 35.5 Å². The number of piperidine rings is 1. The van der Waals surface area contributed by atoms with Gasteiger partial charge in [0.15, 0.2) is 5.76 Å². The molecule has 5 nitrogen and oxygen atoms in total. The number of hydrogen-bond acceptors (Lipinski definition) is 5. The lowest BCUT2D eigenvalue weighted by Gasteiger charge is -2.39. The summed E-state index contributed by atoms with van der Waals surface area (Å²) in [6.45, 7) is 1.60. The van der Waals surface area contributed by atoms with Crippen LogP contribution in [-0.2, 0) is 6.18 Å². The lowest BCUT2D eigenvalue weighted by atomic mass is 9.77. The fourth-order valence-corrected chi connectivity index (χ4v) is 5.97. The van der Waals surface area contributed by atoms with Gasteiger partial charge in [-0.15, -0.1) is 13.2 Å². The maximum absolute atomic E-state index is 13.0. The number of benzene rings is 2. The Labute approximate surface area is 228 Å². The Hall–Kier alpha value is -3.37. The van der Waals surface area contributed by atoms with Crippen LogP contribution in [0.5, 0.6) is 5.75 Å². The van der Waals surface area contributed by atoms with Crippen molar-refractivity contribution >= 4 is 11.7 Å². The maximum atomic E-state index is 13.0. The molecule has 0 bridgehead atoms. The number of rotatable bonds is 7. The van der Waals surface area contributed by atoms with Gasteiger partial charge in [0.1, 0.15) is 5.75 Å². The molecule has 3 aromatic rings. The van der Waals surface area contributed by atoms with Gasteiger partial charge in [0, 0.05) is 24.8 Å². The average Bonchev–Trinajstić information content (AvgIpc) is 3.37. The average molecular weight is 568 g/mol. The molecule has 40 heavy (non-hydrogen) atoms. The Bertz CT molecular complexity index is 1260. The van der Waals surface area contributed by atoms with Crippen molar-refractivity contribution in [3.05, 3.63) is 60.3 Å². The number of para-hydroxylation sites is 1. The molecule has 1 aromatic heterocycles. The van der Waals surface area contributed by atoms with E-state index in [4.69, 9.17) is 4.42 Å². The summed E-state index contributed by atoms with van der Waals surface area (Å²) in [5.74, 6) is 0.565. The van der Waals surface area contributed by atoms with Crippen LogP contribution in [-0.4, -0.2) is 30.5 Å². The normalized spacial score (nSPS) is 22.2. The molecule has 0 radical (unpaired) electrons. The molecule has 1 aliphatic heterocycles. The first-order valence-electron chi connectivity index (χ1n) is 13.5. The van der Waals surface area contributed by atoms with Crippen LogP contribution in [0, 0.1) is 11.8 Å². The first-order chi connectivity index (χ1) is 19.0. The van der Waals surface area contributed by atoms with Gasteiger partial charge in [0.2, 0.25) is 0 Å². The van der Waals surface area contributed by atoms with Crippen LogP contribution in [0.4, 0.5) is 38.0 Å². The maximum Gasteiger partial charge on any atom is 0.573 e. The fraction of sp³-hybridized carbons (Fsp3) is 0.483. The van der Waals surface area contributed by atoms with Crippen molar-refractivity contribution in [1.82, 2.24) is 4.98 Å². The molecule has 0 unspecified atom stereocenters. The minimum atomic E-state index is -4.83. The first kappa shape index (κ1) is 28.2. The summed E-state index contributed by atoms with van der Waals surface area (Å²) >= 11 is 0. The summed E-state index contributed by atoms with van der Waals surface area (Å²) in [7, 11) is 0. The van der Waals surface area contributed by atoms with E-state index in [2.05, 4.69) is 19.9 Å². The first-order valence-corrected chi connectivity index (χ1v) is 13.5. The summed E-state index contributed by atoms with van der Waals surface area (Å²) in [5, 5.41) is 3.38. The minimum absolute atomic E-state index is 0.100. The molecule has 5 rings (SSSR count). The van der Waals surface area contributed by atoms with Crippen LogP contribution in [0.15, 0.2) is 59.1 Å². The molecule has 0 amide bonds. The van der Waals surface area contributed by atoms with Crippen molar-refractivity contribution in [2.75, 3.05) is 23.3 Å². The van der Waals surface area contributed by atoms with Crippen LogP contribution >= 0.6 is 0 Å². The molecular formula is C29H31F6N3O2. The van der Waals surface area contributed by atoms with Gasteiger partial charge in [-0.25, -0.2) is 4.98 Å². The summed E-state index contributed by atoms with van der Waals surface area (Å²) < 4.78 is 87.4. The Kier molecular flexibility index (Phi) is 8.19. The molecule has 216 valence electrons. The number of nitrogens with zero attached hydrogens (tertiary/aromatic N) is 2. The molecule has 0 spiro atoms. The number of aromatic nitrogens is 1. The van der Waals surface area contributed by atoms with Crippen LogP contribution in [0.25, 0.3) is 11.3 Å². The highest BCUT2D eigenvalue weighted by atomic mass is 19.4. The second-order valence-electron chi connectivity index (χ2n) is 10.6. The Morgan fingerprint density at radius 3 is 2.42 bits per heavy atom. The Morgan fingerprint density at radius 2 is 1.68 bits per heavy atom. The minimum Gasteiger partial charge on any atom is -0.423 e. The number of oxazole rings is 1. The van der Waals surface area contributed by atoms with E-state index in [0.717, 1.165) is 75.9 Å². The van der Waals surface area contributed by atoms with Gasteiger partial charge < -0.3 is 19.4 Å². The molecule has 11 heteroatoms. The van der Waals surface area contributed by atoms with Crippen molar-refractivity contribution in [1.29, 1.82) is 0 Å². The number of nitrogens with one attached hydrogen (secondary N) is 1. The predicted molar refractivity (Wildman–Crippen MR) is 139 cm³/mol. The van der Waals surface area contributed by atoms with E-state index in [1.54, 1.807) is 18.2 Å². The molecule has 2 heterocycles. The molecule has 2 aliphatic rings. The van der Waals surface area contributed by atoms with Gasteiger partial charge in [-0.2, -0.15) is 13.2 Å². The fourth-order valence-electron chi connectivity index (χ4n) is 5.97. The van der Waals surface area contributed by atoms with Crippen LogP contribution in [0.2, 0.25) is 0 Å². The number of hydrogen-bond donors (Lipinski definition) is 1. The summed E-state index contributed by atoms with van der Waals surface area (Å²) in [4.78, 5) is 6.45. The lowest BCUT2D eigenvalue weighted by Crippen LogP contribution is -2.39. The molecule has 2 aromatic carbocycles. The molecule has 3 atom stereocenters. The molecule has 1 N–H and O–H groups in total. The standard InChI is InChI=1S/C29H31F6N3O2/c30-28(31,32)21-11-13-22(14-12-21)38-15-5-6-19(18-38)16-20-7-1-3-9-24(20)37-27-36-17-26(39-27)23-8-2-4-10-25(23)40-29(33,34)35/h2,4,8,10-14,17,19-20,24H,1,3,5-7,9,15-16,18H2,(H,36,37)/t19-,20+,24-/m1/s1. The third kappa shape index (κ3) is 7.03. The van der Waals surface area contributed by atoms with Crippen LogP contribution in [0.1, 0.15) is 50.5 Å². The topological polar surface area (TPSA) is 50.5 Å². The van der Waals surface area contributed by atoms with E-state index in [-0.39, 0.29) is 29.1 Å². The van der Waals surface area contributed by atoms with E-state index in [1.165, 1.54) is 24.4 Å². The second kappa shape index (κ2) is 11.6. The zero-order valence-electron chi connectivity index (χ0n) is 21.8. The molecule has 2 fully saturated rings. The lowest BCUT2D eigenvalue weighted by molar-refractivity contribution is -0.274. The van der Waals surface area contributed by atoms with Crippen LogP contribution in [0.3, 0.4) is 0 Å². The van der Waals surface area contributed by atoms with Gasteiger partial charge >= 0.3 is 12.5 Å². The Balaban J connectivity index is 1.23. The predicted octanol–water partition coefficient (Wildman–Crippen LogP) is 8.54. The van der Waals surface area contributed by atoms with E-state index in [9.17, 15) is 26.3 Å². The highest BCUT2D eigenvalue weighted by Gasteiger charge is 2.34. The van der Waals surface area contributed by atoms with E-state index in [0.29, 0.717) is 11.8 Å². The Morgan fingerprint density at radius 1 is 0.925 bits per heavy atom. The number of halogens is 6. The van der Waals surface area contributed by atoms with Crippen molar-refractivity contribution in [3.8, 4) is 17.1 Å². The van der Waals surface area contributed by atoms with E-state index >= 15 is 0 Å². The number of ether oxygens (including phenoxy) is 1. The quantitative estimate of drug-likeness (QED) is 0.290. The molecule has 1 saturated heterocycles. The van der Waals surface area contributed by atoms with Gasteiger partial charge in [0.05, 0.1) is 17.3 Å².